The Morgan fingerprint density at radius 3 is 3.00 bits per heavy atom. The van der Waals surface area contributed by atoms with Crippen LogP contribution in [0.5, 0.6) is 0 Å². The van der Waals surface area contributed by atoms with E-state index in [0.717, 1.165) is 11.6 Å². The number of carbonyl (C=O) groups is 1. The smallest absolute Gasteiger partial charge is 0.242 e. The van der Waals surface area contributed by atoms with Crippen molar-refractivity contribution < 1.29 is 9.18 Å². The number of rotatable bonds is 2. The number of carbonyl (C=O) groups excluding carboxylic acids is 1. The van der Waals surface area contributed by atoms with Crippen molar-refractivity contribution >= 4 is 35.0 Å². The monoisotopic (exact) mass is 260 g/mol. The minimum atomic E-state index is -0.462. The molecule has 2 N–H and O–H groups in total. The number of benzene rings is 1. The second-order valence-corrected chi connectivity index (χ2v) is 4.89. The van der Waals surface area contributed by atoms with Crippen LogP contribution in [-0.4, -0.2) is 23.6 Å². The number of hydrogen-bond acceptors (Lipinski definition) is 3. The molecular formula is C10H10ClFN2OS. The molecule has 6 heteroatoms. The topological polar surface area (TPSA) is 41.1 Å². The molecule has 1 fully saturated rings. The first-order valence-corrected chi connectivity index (χ1v) is 6.26. The summed E-state index contributed by atoms with van der Waals surface area (Å²) in [6.07, 6.45) is 0. The molecule has 0 radical (unpaired) electrons. The van der Waals surface area contributed by atoms with Crippen molar-refractivity contribution in [3.63, 3.8) is 0 Å². The first-order chi connectivity index (χ1) is 7.65. The fourth-order valence-corrected chi connectivity index (χ4v) is 2.58. The van der Waals surface area contributed by atoms with Crippen LogP contribution < -0.4 is 10.6 Å². The van der Waals surface area contributed by atoms with E-state index < -0.39 is 5.82 Å². The van der Waals surface area contributed by atoms with E-state index >= 15 is 0 Å². The summed E-state index contributed by atoms with van der Waals surface area (Å²) in [5, 5.41) is 5.92. The van der Waals surface area contributed by atoms with E-state index in [0.29, 0.717) is 5.69 Å². The van der Waals surface area contributed by atoms with Gasteiger partial charge in [-0.3, -0.25) is 10.1 Å². The maximum absolute atomic E-state index is 13.0. The third-order valence-electron chi connectivity index (χ3n) is 2.16. The van der Waals surface area contributed by atoms with E-state index in [4.69, 9.17) is 11.6 Å². The average Bonchev–Trinajstić information content (AvgIpc) is 2.68. The molecule has 0 bridgehead atoms. The van der Waals surface area contributed by atoms with Crippen LogP contribution in [0.3, 0.4) is 0 Å². The summed E-state index contributed by atoms with van der Waals surface area (Å²) in [6, 6.07) is 3.74. The summed E-state index contributed by atoms with van der Waals surface area (Å²) in [5.74, 6) is 0.875. The van der Waals surface area contributed by atoms with Crippen LogP contribution in [0.15, 0.2) is 18.2 Å². The Balaban J connectivity index is 2.05. The molecule has 16 heavy (non-hydrogen) atoms. The molecule has 1 aromatic carbocycles. The lowest BCUT2D eigenvalue weighted by molar-refractivity contribution is -0.117. The zero-order valence-electron chi connectivity index (χ0n) is 8.30. The summed E-state index contributed by atoms with van der Waals surface area (Å²) in [7, 11) is 0. The third-order valence-corrected chi connectivity index (χ3v) is 3.32. The maximum Gasteiger partial charge on any atom is 0.242 e. The summed E-state index contributed by atoms with van der Waals surface area (Å²) >= 11 is 7.34. The standard InChI is InChI=1S/C10H10ClFN2OS/c11-6-1-7(12)3-8(2-6)14-10(15)9-4-16-5-13-9/h1-3,9,13H,4-5H2,(H,14,15). The van der Waals surface area contributed by atoms with Gasteiger partial charge in [0.15, 0.2) is 0 Å². The van der Waals surface area contributed by atoms with Crippen molar-refractivity contribution in [1.82, 2.24) is 5.32 Å². The predicted octanol–water partition coefficient (Wildman–Crippen LogP) is 2.08. The van der Waals surface area contributed by atoms with E-state index in [1.54, 1.807) is 11.8 Å². The molecule has 1 amide bonds. The number of thioether (sulfide) groups is 1. The molecule has 2 rings (SSSR count). The van der Waals surface area contributed by atoms with E-state index in [1.165, 1.54) is 18.2 Å². The first kappa shape index (κ1) is 11.7. The van der Waals surface area contributed by atoms with Crippen LogP contribution in [0, 0.1) is 5.82 Å². The molecule has 1 saturated heterocycles. The molecule has 0 aromatic heterocycles. The van der Waals surface area contributed by atoms with Gasteiger partial charge in [0.2, 0.25) is 5.91 Å². The van der Waals surface area contributed by atoms with Crippen molar-refractivity contribution in [3.8, 4) is 0 Å². The lowest BCUT2D eigenvalue weighted by Crippen LogP contribution is -2.37. The van der Waals surface area contributed by atoms with E-state index in [2.05, 4.69) is 10.6 Å². The Bertz CT molecular complexity index is 390. The zero-order chi connectivity index (χ0) is 11.5. The quantitative estimate of drug-likeness (QED) is 0.856. The van der Waals surface area contributed by atoms with Gasteiger partial charge in [0.1, 0.15) is 5.82 Å². The second kappa shape index (κ2) is 5.03. The SMILES string of the molecule is O=C(Nc1cc(F)cc(Cl)c1)C1CSCN1. The van der Waals surface area contributed by atoms with Gasteiger partial charge in [0.25, 0.3) is 0 Å². The van der Waals surface area contributed by atoms with E-state index in [1.807, 2.05) is 0 Å². The van der Waals surface area contributed by atoms with Gasteiger partial charge in [-0.25, -0.2) is 4.39 Å². The largest absolute Gasteiger partial charge is 0.325 e. The Hall–Kier alpha value is -0.780. The van der Waals surface area contributed by atoms with Crippen molar-refractivity contribution in [1.29, 1.82) is 0 Å². The van der Waals surface area contributed by atoms with Gasteiger partial charge in [0.05, 0.1) is 6.04 Å². The molecule has 1 heterocycles. The summed E-state index contributed by atoms with van der Waals surface area (Å²) in [6.45, 7) is 0. The fraction of sp³-hybridized carbons (Fsp3) is 0.300. The van der Waals surface area contributed by atoms with Crippen LogP contribution in [0.25, 0.3) is 0 Å². The van der Waals surface area contributed by atoms with Crippen LogP contribution in [0.2, 0.25) is 5.02 Å². The fourth-order valence-electron chi connectivity index (χ4n) is 1.42. The van der Waals surface area contributed by atoms with Crippen molar-refractivity contribution in [2.45, 2.75) is 6.04 Å². The highest BCUT2D eigenvalue weighted by molar-refractivity contribution is 7.99. The van der Waals surface area contributed by atoms with E-state index in [-0.39, 0.29) is 17.0 Å². The van der Waals surface area contributed by atoms with Gasteiger partial charge in [-0.1, -0.05) is 11.6 Å². The van der Waals surface area contributed by atoms with Crippen LogP contribution in [0.4, 0.5) is 10.1 Å². The minimum absolute atomic E-state index is 0.160. The highest BCUT2D eigenvalue weighted by Crippen LogP contribution is 2.19. The van der Waals surface area contributed by atoms with Gasteiger partial charge < -0.3 is 5.32 Å². The molecule has 1 aliphatic rings. The van der Waals surface area contributed by atoms with Crippen molar-refractivity contribution in [2.24, 2.45) is 0 Å². The normalized spacial score (nSPS) is 19.8. The lowest BCUT2D eigenvalue weighted by atomic mass is 10.2. The molecule has 0 saturated carbocycles. The summed E-state index contributed by atoms with van der Waals surface area (Å²) < 4.78 is 13.0. The van der Waals surface area contributed by atoms with Crippen LogP contribution in [-0.2, 0) is 4.79 Å². The molecular weight excluding hydrogens is 251 g/mol. The molecule has 1 aliphatic heterocycles. The summed E-state index contributed by atoms with van der Waals surface area (Å²) in [4.78, 5) is 11.7. The molecule has 1 aromatic rings. The highest BCUT2D eigenvalue weighted by atomic mass is 35.5. The van der Waals surface area contributed by atoms with Gasteiger partial charge in [-0.05, 0) is 18.2 Å². The average molecular weight is 261 g/mol. The molecule has 86 valence electrons. The lowest BCUT2D eigenvalue weighted by Gasteiger charge is -2.10. The number of anilines is 1. The highest BCUT2D eigenvalue weighted by Gasteiger charge is 2.22. The first-order valence-electron chi connectivity index (χ1n) is 4.73. The Morgan fingerprint density at radius 2 is 2.38 bits per heavy atom. The third kappa shape index (κ3) is 2.87. The van der Waals surface area contributed by atoms with Crippen molar-refractivity contribution in [3.05, 3.63) is 29.0 Å². The molecule has 3 nitrogen and oxygen atoms in total. The van der Waals surface area contributed by atoms with Gasteiger partial charge in [-0.15, -0.1) is 11.8 Å². The number of amides is 1. The maximum atomic E-state index is 13.0. The van der Waals surface area contributed by atoms with Crippen LogP contribution in [0.1, 0.15) is 0 Å². The van der Waals surface area contributed by atoms with Gasteiger partial charge >= 0.3 is 0 Å². The predicted molar refractivity (Wildman–Crippen MR) is 64.3 cm³/mol. The molecule has 1 unspecified atom stereocenters. The summed E-state index contributed by atoms with van der Waals surface area (Å²) in [5.41, 5.74) is 0.383. The number of nitrogens with one attached hydrogen (secondary N) is 2. The van der Waals surface area contributed by atoms with Crippen molar-refractivity contribution in [2.75, 3.05) is 16.9 Å². The second-order valence-electron chi connectivity index (χ2n) is 3.42. The number of halogens is 2. The molecule has 0 aliphatic carbocycles. The van der Waals surface area contributed by atoms with E-state index in [9.17, 15) is 9.18 Å². The number of hydrogen-bond donors (Lipinski definition) is 2. The zero-order valence-corrected chi connectivity index (χ0v) is 9.87. The Labute approximate surface area is 102 Å². The van der Waals surface area contributed by atoms with Gasteiger partial charge in [-0.2, -0.15) is 0 Å². The Morgan fingerprint density at radius 1 is 1.56 bits per heavy atom. The Kier molecular flexibility index (Phi) is 3.68. The minimum Gasteiger partial charge on any atom is -0.325 e. The van der Waals surface area contributed by atoms with Gasteiger partial charge in [0, 0.05) is 22.3 Å². The van der Waals surface area contributed by atoms with Crippen LogP contribution >= 0.6 is 23.4 Å². The molecule has 0 spiro atoms. The molecule has 1 atom stereocenters.